The minimum absolute atomic E-state index is 0.0126. The number of halogens is 4. The summed E-state index contributed by atoms with van der Waals surface area (Å²) in [6.07, 6.45) is 6.51. The lowest BCUT2D eigenvalue weighted by Crippen LogP contribution is -2.46. The molecule has 0 unspecified atom stereocenters. The molecule has 1 aliphatic heterocycles. The number of pyridine rings is 1. The third kappa shape index (κ3) is 5.62. The third-order valence-corrected chi connectivity index (χ3v) is 6.40. The van der Waals surface area contributed by atoms with Crippen LogP contribution in [-0.4, -0.2) is 51.0 Å². The van der Waals surface area contributed by atoms with Gasteiger partial charge in [0.2, 0.25) is 0 Å². The number of anilines is 3. The second-order valence-electron chi connectivity index (χ2n) is 9.43. The molecule has 0 amide bonds. The number of methoxy groups -OCH3 is 1. The van der Waals surface area contributed by atoms with E-state index in [9.17, 15) is 17.6 Å². The molecular weight excluding hydrogens is 516 g/mol. The molecule has 4 aromatic rings. The van der Waals surface area contributed by atoms with Crippen molar-refractivity contribution in [3.05, 3.63) is 60.7 Å². The molecule has 2 atom stereocenters. The zero-order chi connectivity index (χ0) is 27.7. The monoisotopic (exact) mass is 542 g/mol. The predicted octanol–water partition coefficient (Wildman–Crippen LogP) is 5.00. The van der Waals surface area contributed by atoms with Crippen LogP contribution in [-0.2, 0) is 0 Å². The minimum Gasteiger partial charge on any atom is -0.496 e. The third-order valence-electron chi connectivity index (χ3n) is 6.40. The van der Waals surface area contributed by atoms with E-state index in [0.717, 1.165) is 24.2 Å². The van der Waals surface area contributed by atoms with E-state index in [1.54, 1.807) is 18.3 Å². The van der Waals surface area contributed by atoms with Crippen molar-refractivity contribution >= 4 is 17.3 Å². The summed E-state index contributed by atoms with van der Waals surface area (Å²) in [5.74, 6) is -0.696. The molecule has 1 saturated heterocycles. The molecule has 0 bridgehead atoms. The number of aromatic nitrogens is 5. The summed E-state index contributed by atoms with van der Waals surface area (Å²) in [5, 5.41) is 6.85. The highest BCUT2D eigenvalue weighted by molar-refractivity contribution is 5.80. The van der Waals surface area contributed by atoms with Crippen molar-refractivity contribution in [2.24, 2.45) is 11.7 Å². The molecule has 3 aromatic heterocycles. The van der Waals surface area contributed by atoms with Crippen LogP contribution in [0.4, 0.5) is 34.9 Å². The van der Waals surface area contributed by atoms with E-state index >= 15 is 0 Å². The summed E-state index contributed by atoms with van der Waals surface area (Å²) in [6, 6.07) is 5.07. The maximum absolute atomic E-state index is 14.6. The van der Waals surface area contributed by atoms with Crippen molar-refractivity contribution in [2.45, 2.75) is 25.9 Å². The molecule has 0 aliphatic carbocycles. The number of hydrogen-bond donors (Lipinski definition) is 2. The van der Waals surface area contributed by atoms with E-state index in [1.807, 2.05) is 0 Å². The smallest absolute Gasteiger partial charge is 0.333 e. The van der Waals surface area contributed by atoms with Crippen molar-refractivity contribution < 1.29 is 22.3 Å². The lowest BCUT2D eigenvalue weighted by atomic mass is 9.95. The van der Waals surface area contributed by atoms with E-state index in [-0.39, 0.29) is 23.2 Å². The Kier molecular flexibility index (Phi) is 7.33. The molecule has 1 fully saturated rings. The SMILES string of the molecule is COc1cc(F)cc(F)c1-c1nccc(Nc2cc(N3C[C@@H](C)C[C@H](N)C3)c(-c3cnn(C(F)F)c3)cn2)n1. The number of ether oxygens (including phenoxy) is 1. The summed E-state index contributed by atoms with van der Waals surface area (Å²) in [5.41, 5.74) is 8.06. The van der Waals surface area contributed by atoms with Crippen LogP contribution < -0.4 is 20.7 Å². The van der Waals surface area contributed by atoms with E-state index in [1.165, 1.54) is 25.7 Å². The molecule has 4 heterocycles. The average Bonchev–Trinajstić information content (AvgIpc) is 3.38. The van der Waals surface area contributed by atoms with Gasteiger partial charge in [-0.2, -0.15) is 13.9 Å². The Balaban J connectivity index is 1.51. The Labute approximate surface area is 221 Å². The maximum Gasteiger partial charge on any atom is 0.333 e. The van der Waals surface area contributed by atoms with Gasteiger partial charge >= 0.3 is 6.55 Å². The van der Waals surface area contributed by atoms with Crippen molar-refractivity contribution in [1.29, 1.82) is 0 Å². The summed E-state index contributed by atoms with van der Waals surface area (Å²) in [7, 11) is 1.30. The minimum atomic E-state index is -2.77. The Hall–Kier alpha value is -4.26. The van der Waals surface area contributed by atoms with Crippen LogP contribution >= 0.6 is 0 Å². The first-order valence-corrected chi connectivity index (χ1v) is 12.2. The first kappa shape index (κ1) is 26.4. The van der Waals surface area contributed by atoms with Crippen LogP contribution in [0.5, 0.6) is 5.75 Å². The standard InChI is InChI=1S/C26H26F4N8O/c1-14-5-17(31)13-37(11-14)20-8-23(33-10-18(20)15-9-34-38(12-15)26(29)30)35-22-3-4-32-25(36-22)24-19(28)6-16(27)7-21(24)39-2/h3-4,6-10,12,14,17,26H,5,11,13,31H2,1-2H3,(H,32,33,35,36)/t14-,17-/m0/s1. The first-order chi connectivity index (χ1) is 18.7. The molecule has 0 radical (unpaired) electrons. The van der Waals surface area contributed by atoms with Crippen LogP contribution in [0.3, 0.4) is 0 Å². The van der Waals surface area contributed by atoms with Crippen LogP contribution in [0.15, 0.2) is 49.1 Å². The number of nitrogens with two attached hydrogens (primary N) is 1. The Bertz CT molecular complexity index is 1470. The second kappa shape index (κ2) is 10.8. The van der Waals surface area contributed by atoms with Crippen LogP contribution in [0, 0.1) is 17.6 Å². The van der Waals surface area contributed by atoms with Gasteiger partial charge in [0, 0.05) is 72.7 Å². The molecule has 0 saturated carbocycles. The molecule has 13 heteroatoms. The van der Waals surface area contributed by atoms with Gasteiger partial charge in [-0.3, -0.25) is 0 Å². The topological polar surface area (TPSA) is 107 Å². The lowest BCUT2D eigenvalue weighted by Gasteiger charge is -2.37. The zero-order valence-corrected chi connectivity index (χ0v) is 21.2. The van der Waals surface area contributed by atoms with Gasteiger partial charge in [0.15, 0.2) is 5.82 Å². The zero-order valence-electron chi connectivity index (χ0n) is 21.2. The molecule has 3 N–H and O–H groups in total. The van der Waals surface area contributed by atoms with Gasteiger partial charge in [-0.05, 0) is 18.4 Å². The van der Waals surface area contributed by atoms with Crippen LogP contribution in [0.1, 0.15) is 19.9 Å². The summed E-state index contributed by atoms with van der Waals surface area (Å²) in [6.45, 7) is 0.627. The van der Waals surface area contributed by atoms with E-state index in [2.05, 4.69) is 37.2 Å². The Morgan fingerprint density at radius 1 is 1.10 bits per heavy atom. The fourth-order valence-corrected chi connectivity index (χ4v) is 4.79. The molecule has 1 aromatic carbocycles. The number of nitrogens with zero attached hydrogens (tertiary/aromatic N) is 6. The van der Waals surface area contributed by atoms with E-state index < -0.39 is 18.2 Å². The molecule has 9 nitrogen and oxygen atoms in total. The molecule has 204 valence electrons. The van der Waals surface area contributed by atoms with Gasteiger partial charge in [-0.1, -0.05) is 6.92 Å². The molecule has 0 spiro atoms. The molecule has 1 aliphatic rings. The maximum atomic E-state index is 14.6. The van der Waals surface area contributed by atoms with E-state index in [0.29, 0.717) is 46.5 Å². The highest BCUT2D eigenvalue weighted by Crippen LogP contribution is 2.36. The number of alkyl halides is 2. The van der Waals surface area contributed by atoms with Crippen LogP contribution in [0.2, 0.25) is 0 Å². The van der Waals surface area contributed by atoms with Crippen LogP contribution in [0.25, 0.3) is 22.5 Å². The molecular formula is C26H26F4N8O. The largest absolute Gasteiger partial charge is 0.496 e. The van der Waals surface area contributed by atoms with Crippen molar-refractivity contribution in [3.63, 3.8) is 0 Å². The highest BCUT2D eigenvalue weighted by Gasteiger charge is 2.26. The highest BCUT2D eigenvalue weighted by atomic mass is 19.3. The lowest BCUT2D eigenvalue weighted by molar-refractivity contribution is 0.0566. The van der Waals surface area contributed by atoms with Crippen molar-refractivity contribution in [1.82, 2.24) is 24.7 Å². The second-order valence-corrected chi connectivity index (χ2v) is 9.43. The van der Waals surface area contributed by atoms with Gasteiger partial charge in [0.1, 0.15) is 29.0 Å². The molecule has 5 rings (SSSR count). The number of benzene rings is 1. The summed E-state index contributed by atoms with van der Waals surface area (Å²) < 4.78 is 60.4. The Morgan fingerprint density at radius 2 is 1.92 bits per heavy atom. The first-order valence-electron chi connectivity index (χ1n) is 12.2. The Morgan fingerprint density at radius 3 is 2.64 bits per heavy atom. The fourth-order valence-electron chi connectivity index (χ4n) is 4.79. The van der Waals surface area contributed by atoms with Gasteiger partial charge in [0.25, 0.3) is 0 Å². The van der Waals surface area contributed by atoms with Crippen molar-refractivity contribution in [3.8, 4) is 28.3 Å². The van der Waals surface area contributed by atoms with E-state index in [4.69, 9.17) is 10.5 Å². The number of rotatable bonds is 7. The van der Waals surface area contributed by atoms with Crippen molar-refractivity contribution in [2.75, 3.05) is 30.4 Å². The quantitative estimate of drug-likeness (QED) is 0.314. The summed E-state index contributed by atoms with van der Waals surface area (Å²) in [4.78, 5) is 15.1. The van der Waals surface area contributed by atoms with Gasteiger partial charge in [-0.25, -0.2) is 28.4 Å². The number of piperidine rings is 1. The number of nitrogens with one attached hydrogen (secondary N) is 1. The average molecular weight is 543 g/mol. The predicted molar refractivity (Wildman–Crippen MR) is 138 cm³/mol. The fraction of sp³-hybridized carbons (Fsp3) is 0.308. The normalized spacial score (nSPS) is 17.5. The van der Waals surface area contributed by atoms with Gasteiger partial charge in [-0.15, -0.1) is 0 Å². The van der Waals surface area contributed by atoms with Gasteiger partial charge < -0.3 is 20.7 Å². The van der Waals surface area contributed by atoms with Gasteiger partial charge in [0.05, 0.1) is 18.9 Å². The summed E-state index contributed by atoms with van der Waals surface area (Å²) >= 11 is 0. The number of hydrogen-bond acceptors (Lipinski definition) is 8. The molecule has 39 heavy (non-hydrogen) atoms.